The first kappa shape index (κ1) is 9.99. The van der Waals surface area contributed by atoms with E-state index in [1.807, 2.05) is 6.92 Å². The number of hydrogen-bond acceptors (Lipinski definition) is 2. The zero-order valence-corrected chi connectivity index (χ0v) is 6.98. The molecule has 0 aromatic rings. The Hall–Kier alpha value is -1.01. The highest BCUT2D eigenvalue weighted by molar-refractivity contribution is 5.81. The fourth-order valence-corrected chi connectivity index (χ4v) is 0.632. The largest absolute Gasteiger partial charge is 0.355 e. The quantitative estimate of drug-likeness (QED) is 0.547. The summed E-state index contributed by atoms with van der Waals surface area (Å²) in [6.45, 7) is 4.74. The minimum Gasteiger partial charge on any atom is -0.355 e. The summed E-state index contributed by atoms with van der Waals surface area (Å²) in [5, 5.41) is 5.55. The van der Waals surface area contributed by atoms with E-state index in [0.717, 1.165) is 0 Å². The lowest BCUT2D eigenvalue weighted by Crippen LogP contribution is -2.42. The number of carbonyl (C=O) groups excluding carboxylic acids is 1. The van der Waals surface area contributed by atoms with Crippen molar-refractivity contribution in [2.45, 2.75) is 19.9 Å². The molecule has 3 nitrogen and oxygen atoms in total. The topological polar surface area (TPSA) is 41.1 Å². The van der Waals surface area contributed by atoms with Crippen molar-refractivity contribution in [2.75, 3.05) is 13.1 Å². The van der Waals surface area contributed by atoms with Crippen LogP contribution in [0.5, 0.6) is 0 Å². The highest BCUT2D eigenvalue weighted by Gasteiger charge is 2.08. The first-order chi connectivity index (χ1) is 5.22. The number of hydrogen-bond donors (Lipinski definition) is 2. The molecule has 0 aliphatic heterocycles. The van der Waals surface area contributed by atoms with Gasteiger partial charge < -0.3 is 5.32 Å². The third kappa shape index (κ3) is 4.40. The third-order valence-electron chi connectivity index (χ3n) is 1.25. The Morgan fingerprint density at radius 3 is 2.82 bits per heavy atom. The van der Waals surface area contributed by atoms with Crippen LogP contribution in [0.1, 0.15) is 13.8 Å². The predicted octanol–water partition coefficient (Wildman–Crippen LogP) is -0.266. The SMILES string of the molecule is C#CCNC(C)C(=O)NCC. The van der Waals surface area contributed by atoms with Crippen LogP contribution in [-0.2, 0) is 4.79 Å². The maximum atomic E-state index is 11.0. The van der Waals surface area contributed by atoms with Gasteiger partial charge in [-0.2, -0.15) is 0 Å². The number of amides is 1. The second-order valence-electron chi connectivity index (χ2n) is 2.20. The lowest BCUT2D eigenvalue weighted by molar-refractivity contribution is -0.122. The van der Waals surface area contributed by atoms with Crippen LogP contribution in [0.15, 0.2) is 0 Å². The molecule has 62 valence electrons. The average molecular weight is 154 g/mol. The normalized spacial score (nSPS) is 11.7. The lowest BCUT2D eigenvalue weighted by atomic mass is 10.3. The summed E-state index contributed by atoms with van der Waals surface area (Å²) >= 11 is 0. The molecular formula is C8H14N2O. The van der Waals surface area contributed by atoms with Crippen LogP contribution in [0.25, 0.3) is 0 Å². The molecule has 1 amide bonds. The van der Waals surface area contributed by atoms with Gasteiger partial charge in [-0.3, -0.25) is 10.1 Å². The van der Waals surface area contributed by atoms with Gasteiger partial charge in [-0.05, 0) is 13.8 Å². The number of rotatable bonds is 4. The van der Waals surface area contributed by atoms with Crippen molar-refractivity contribution in [3.63, 3.8) is 0 Å². The van der Waals surface area contributed by atoms with Crippen LogP contribution in [0, 0.1) is 12.3 Å². The summed E-state index contributed by atoms with van der Waals surface area (Å²) in [5.74, 6) is 2.39. The molecule has 0 fully saturated rings. The molecule has 0 aliphatic rings. The summed E-state index contributed by atoms with van der Waals surface area (Å²) in [6, 6.07) is -0.203. The lowest BCUT2D eigenvalue weighted by Gasteiger charge is -2.10. The molecule has 11 heavy (non-hydrogen) atoms. The van der Waals surface area contributed by atoms with Crippen molar-refractivity contribution in [1.82, 2.24) is 10.6 Å². The zero-order chi connectivity index (χ0) is 8.69. The van der Waals surface area contributed by atoms with E-state index in [9.17, 15) is 4.79 Å². The first-order valence-corrected chi connectivity index (χ1v) is 3.67. The average Bonchev–Trinajstić information content (AvgIpc) is 2.00. The van der Waals surface area contributed by atoms with E-state index >= 15 is 0 Å². The number of likely N-dealkylation sites (N-methyl/N-ethyl adjacent to an activating group) is 1. The molecule has 0 saturated carbocycles. The molecule has 0 saturated heterocycles. The van der Waals surface area contributed by atoms with Gasteiger partial charge in [0.25, 0.3) is 0 Å². The van der Waals surface area contributed by atoms with Gasteiger partial charge in [0.1, 0.15) is 0 Å². The minimum atomic E-state index is -0.203. The van der Waals surface area contributed by atoms with Crippen molar-refractivity contribution in [2.24, 2.45) is 0 Å². The molecule has 0 bridgehead atoms. The van der Waals surface area contributed by atoms with E-state index in [2.05, 4.69) is 16.6 Å². The monoisotopic (exact) mass is 154 g/mol. The fraction of sp³-hybridized carbons (Fsp3) is 0.625. The zero-order valence-electron chi connectivity index (χ0n) is 6.98. The Morgan fingerprint density at radius 2 is 2.36 bits per heavy atom. The van der Waals surface area contributed by atoms with Crippen LogP contribution >= 0.6 is 0 Å². The summed E-state index contributed by atoms with van der Waals surface area (Å²) in [6.07, 6.45) is 5.01. The third-order valence-corrected chi connectivity index (χ3v) is 1.25. The van der Waals surface area contributed by atoms with Crippen molar-refractivity contribution in [3.05, 3.63) is 0 Å². The molecule has 0 radical (unpaired) electrons. The van der Waals surface area contributed by atoms with E-state index in [1.165, 1.54) is 0 Å². The van der Waals surface area contributed by atoms with E-state index in [4.69, 9.17) is 6.42 Å². The molecule has 3 heteroatoms. The van der Waals surface area contributed by atoms with Crippen LogP contribution in [0.2, 0.25) is 0 Å². The first-order valence-electron chi connectivity index (χ1n) is 3.67. The van der Waals surface area contributed by atoms with Crippen LogP contribution in [0.3, 0.4) is 0 Å². The standard InChI is InChI=1S/C8H14N2O/c1-4-6-10-7(3)8(11)9-5-2/h1,7,10H,5-6H2,2-3H3,(H,9,11). The summed E-state index contributed by atoms with van der Waals surface area (Å²) < 4.78 is 0. The van der Waals surface area contributed by atoms with Gasteiger partial charge in [0.15, 0.2) is 0 Å². The van der Waals surface area contributed by atoms with E-state index in [1.54, 1.807) is 6.92 Å². The van der Waals surface area contributed by atoms with Gasteiger partial charge in [0, 0.05) is 6.54 Å². The van der Waals surface area contributed by atoms with Gasteiger partial charge in [0.05, 0.1) is 12.6 Å². The van der Waals surface area contributed by atoms with Gasteiger partial charge >= 0.3 is 0 Å². The smallest absolute Gasteiger partial charge is 0.236 e. The highest BCUT2D eigenvalue weighted by Crippen LogP contribution is 1.79. The van der Waals surface area contributed by atoms with Crippen LogP contribution in [-0.4, -0.2) is 25.0 Å². The van der Waals surface area contributed by atoms with Crippen molar-refractivity contribution >= 4 is 5.91 Å². The van der Waals surface area contributed by atoms with Crippen LogP contribution < -0.4 is 10.6 Å². The maximum Gasteiger partial charge on any atom is 0.236 e. The molecule has 2 N–H and O–H groups in total. The minimum absolute atomic E-state index is 0.0113. The summed E-state index contributed by atoms with van der Waals surface area (Å²) in [5.41, 5.74) is 0. The Bertz CT molecular complexity index is 160. The van der Waals surface area contributed by atoms with E-state index in [-0.39, 0.29) is 11.9 Å². The fourth-order valence-electron chi connectivity index (χ4n) is 0.632. The maximum absolute atomic E-state index is 11.0. The Morgan fingerprint density at radius 1 is 1.73 bits per heavy atom. The number of carbonyl (C=O) groups is 1. The van der Waals surface area contributed by atoms with Crippen molar-refractivity contribution < 1.29 is 4.79 Å². The summed E-state index contributed by atoms with van der Waals surface area (Å²) in [7, 11) is 0. The molecule has 0 rings (SSSR count). The Labute approximate surface area is 67.6 Å². The molecule has 0 aromatic heterocycles. The molecule has 0 spiro atoms. The van der Waals surface area contributed by atoms with E-state index < -0.39 is 0 Å². The Kier molecular flexibility index (Phi) is 5.22. The van der Waals surface area contributed by atoms with Gasteiger partial charge in [-0.1, -0.05) is 5.92 Å². The van der Waals surface area contributed by atoms with Crippen molar-refractivity contribution in [3.8, 4) is 12.3 Å². The molecule has 0 heterocycles. The second kappa shape index (κ2) is 5.75. The Balaban J connectivity index is 3.57. The molecule has 0 aromatic carbocycles. The summed E-state index contributed by atoms with van der Waals surface area (Å²) in [4.78, 5) is 11.0. The predicted molar refractivity (Wildman–Crippen MR) is 45.0 cm³/mol. The van der Waals surface area contributed by atoms with Crippen LogP contribution in [0.4, 0.5) is 0 Å². The molecule has 0 aliphatic carbocycles. The molecule has 1 unspecified atom stereocenters. The number of nitrogens with one attached hydrogen (secondary N) is 2. The highest BCUT2D eigenvalue weighted by atomic mass is 16.2. The number of terminal acetylenes is 1. The molecule has 1 atom stereocenters. The van der Waals surface area contributed by atoms with Crippen molar-refractivity contribution in [1.29, 1.82) is 0 Å². The van der Waals surface area contributed by atoms with Gasteiger partial charge in [-0.25, -0.2) is 0 Å². The van der Waals surface area contributed by atoms with E-state index in [0.29, 0.717) is 13.1 Å². The second-order valence-corrected chi connectivity index (χ2v) is 2.20. The van der Waals surface area contributed by atoms with Gasteiger partial charge in [-0.15, -0.1) is 6.42 Å². The molecular weight excluding hydrogens is 140 g/mol. The van der Waals surface area contributed by atoms with Gasteiger partial charge in [0.2, 0.25) is 5.91 Å².